The maximum absolute atomic E-state index is 12.5. The molecule has 26 heavy (non-hydrogen) atoms. The first-order valence-corrected chi connectivity index (χ1v) is 9.22. The van der Waals surface area contributed by atoms with E-state index in [1.165, 1.54) is 22.9 Å². The molecule has 6 nitrogen and oxygen atoms in total. The number of tetrazole rings is 1. The molecule has 0 radical (unpaired) electrons. The lowest BCUT2D eigenvalue weighted by atomic mass is 10.1. The Morgan fingerprint density at radius 3 is 2.50 bits per heavy atom. The SMILES string of the molecule is Cc1ccc(NC(=O)[C@@H](C)Sc2nnnn2-c2ccc(C)c(C)c2)cc1. The lowest BCUT2D eigenvalue weighted by molar-refractivity contribution is -0.115. The fourth-order valence-electron chi connectivity index (χ4n) is 2.36. The second-order valence-electron chi connectivity index (χ2n) is 6.26. The minimum atomic E-state index is -0.340. The van der Waals surface area contributed by atoms with Crippen molar-refractivity contribution in [2.75, 3.05) is 5.32 Å². The zero-order valence-electron chi connectivity index (χ0n) is 15.2. The number of benzene rings is 2. The van der Waals surface area contributed by atoms with Gasteiger partial charge in [-0.3, -0.25) is 4.79 Å². The fraction of sp³-hybridized carbons (Fsp3) is 0.263. The van der Waals surface area contributed by atoms with Gasteiger partial charge in [0, 0.05) is 5.69 Å². The molecule has 3 rings (SSSR count). The standard InChI is InChI=1S/C19H21N5OS/c1-12-5-8-16(9-6-12)20-18(25)15(4)26-19-21-22-23-24(19)17-10-7-13(2)14(3)11-17/h5-11,15H,1-4H3,(H,20,25)/t15-/m1/s1. The molecule has 0 aliphatic carbocycles. The molecule has 0 aliphatic rings. The Morgan fingerprint density at radius 1 is 1.08 bits per heavy atom. The first kappa shape index (κ1) is 18.1. The molecular formula is C19H21N5OS. The molecule has 1 amide bonds. The average molecular weight is 367 g/mol. The van der Waals surface area contributed by atoms with Crippen LogP contribution >= 0.6 is 11.8 Å². The average Bonchev–Trinajstić information content (AvgIpc) is 3.07. The Hall–Kier alpha value is -2.67. The molecule has 134 valence electrons. The molecule has 7 heteroatoms. The van der Waals surface area contributed by atoms with Gasteiger partial charge in [-0.1, -0.05) is 35.5 Å². The van der Waals surface area contributed by atoms with E-state index in [-0.39, 0.29) is 11.2 Å². The third-order valence-electron chi connectivity index (χ3n) is 4.15. The lowest BCUT2D eigenvalue weighted by Gasteiger charge is -2.12. The molecule has 1 N–H and O–H groups in total. The van der Waals surface area contributed by atoms with Crippen LogP contribution in [0.4, 0.5) is 5.69 Å². The smallest absolute Gasteiger partial charge is 0.237 e. The van der Waals surface area contributed by atoms with E-state index in [0.717, 1.165) is 16.9 Å². The van der Waals surface area contributed by atoms with E-state index in [0.29, 0.717) is 5.16 Å². The van der Waals surface area contributed by atoms with Gasteiger partial charge in [-0.25, -0.2) is 0 Å². The topological polar surface area (TPSA) is 72.7 Å². The zero-order chi connectivity index (χ0) is 18.7. The molecule has 1 aromatic heterocycles. The van der Waals surface area contributed by atoms with E-state index in [1.54, 1.807) is 4.68 Å². The lowest BCUT2D eigenvalue weighted by Crippen LogP contribution is -2.22. The van der Waals surface area contributed by atoms with Crippen molar-refractivity contribution in [2.24, 2.45) is 0 Å². The number of aryl methyl sites for hydroxylation is 3. The van der Waals surface area contributed by atoms with Crippen LogP contribution in [0.15, 0.2) is 47.6 Å². The number of rotatable bonds is 5. The Balaban J connectivity index is 1.72. The summed E-state index contributed by atoms with van der Waals surface area (Å²) in [5.74, 6) is -0.0894. The van der Waals surface area contributed by atoms with Crippen LogP contribution in [0.3, 0.4) is 0 Å². The summed E-state index contributed by atoms with van der Waals surface area (Å²) >= 11 is 1.33. The predicted molar refractivity (Wildman–Crippen MR) is 104 cm³/mol. The van der Waals surface area contributed by atoms with Gasteiger partial charge >= 0.3 is 0 Å². The van der Waals surface area contributed by atoms with Gasteiger partial charge in [-0.2, -0.15) is 4.68 Å². The first-order chi connectivity index (χ1) is 12.4. The summed E-state index contributed by atoms with van der Waals surface area (Å²) in [5.41, 5.74) is 5.19. The zero-order valence-corrected chi connectivity index (χ0v) is 16.0. The summed E-state index contributed by atoms with van der Waals surface area (Å²) in [7, 11) is 0. The van der Waals surface area contributed by atoms with Crippen molar-refractivity contribution >= 4 is 23.4 Å². The van der Waals surface area contributed by atoms with Crippen molar-refractivity contribution in [2.45, 2.75) is 38.1 Å². The van der Waals surface area contributed by atoms with Crippen LogP contribution in [-0.2, 0) is 4.79 Å². The van der Waals surface area contributed by atoms with Crippen molar-refractivity contribution in [1.29, 1.82) is 0 Å². The van der Waals surface area contributed by atoms with E-state index in [9.17, 15) is 4.79 Å². The van der Waals surface area contributed by atoms with Gasteiger partial charge in [0.25, 0.3) is 0 Å². The number of nitrogens with zero attached hydrogens (tertiary/aromatic N) is 4. The van der Waals surface area contributed by atoms with Crippen LogP contribution in [0.25, 0.3) is 5.69 Å². The largest absolute Gasteiger partial charge is 0.325 e. The maximum Gasteiger partial charge on any atom is 0.237 e. The Kier molecular flexibility index (Phi) is 5.37. The molecule has 3 aromatic rings. The minimum Gasteiger partial charge on any atom is -0.325 e. The summed E-state index contributed by atoms with van der Waals surface area (Å²) < 4.78 is 1.66. The van der Waals surface area contributed by atoms with E-state index in [4.69, 9.17) is 0 Å². The molecule has 0 aliphatic heterocycles. The van der Waals surface area contributed by atoms with Crippen molar-refractivity contribution in [3.8, 4) is 5.69 Å². The van der Waals surface area contributed by atoms with Crippen molar-refractivity contribution in [3.63, 3.8) is 0 Å². The summed E-state index contributed by atoms with van der Waals surface area (Å²) in [6.45, 7) is 7.96. The number of nitrogens with one attached hydrogen (secondary N) is 1. The van der Waals surface area contributed by atoms with Crippen molar-refractivity contribution in [1.82, 2.24) is 20.2 Å². The fourth-order valence-corrected chi connectivity index (χ4v) is 3.17. The molecule has 0 spiro atoms. The normalized spacial score (nSPS) is 12.0. The van der Waals surface area contributed by atoms with Crippen LogP contribution in [0.2, 0.25) is 0 Å². The highest BCUT2D eigenvalue weighted by Crippen LogP contribution is 2.24. The van der Waals surface area contributed by atoms with E-state index in [2.05, 4.69) is 27.8 Å². The van der Waals surface area contributed by atoms with Crippen LogP contribution in [0.5, 0.6) is 0 Å². The highest BCUT2D eigenvalue weighted by molar-refractivity contribution is 8.00. The number of carbonyl (C=O) groups is 1. The maximum atomic E-state index is 12.5. The molecule has 0 bridgehead atoms. The van der Waals surface area contributed by atoms with Crippen LogP contribution in [0.1, 0.15) is 23.6 Å². The van der Waals surface area contributed by atoms with Gasteiger partial charge in [0.15, 0.2) is 0 Å². The summed E-state index contributed by atoms with van der Waals surface area (Å²) in [4.78, 5) is 12.5. The number of hydrogen-bond donors (Lipinski definition) is 1. The Bertz CT molecular complexity index is 920. The molecule has 0 saturated carbocycles. The van der Waals surface area contributed by atoms with Gasteiger partial charge in [0.2, 0.25) is 11.1 Å². The third-order valence-corrected chi connectivity index (χ3v) is 5.18. The predicted octanol–water partition coefficient (Wildman–Crippen LogP) is 3.71. The summed E-state index contributed by atoms with van der Waals surface area (Å²) in [6, 6.07) is 13.8. The number of amides is 1. The molecule has 1 heterocycles. The monoisotopic (exact) mass is 367 g/mol. The third kappa shape index (κ3) is 4.11. The minimum absolute atomic E-state index is 0.0894. The molecule has 1 atom stereocenters. The van der Waals surface area contributed by atoms with Crippen LogP contribution in [0, 0.1) is 20.8 Å². The number of hydrogen-bond acceptors (Lipinski definition) is 5. The molecule has 2 aromatic carbocycles. The molecule has 0 unspecified atom stereocenters. The highest BCUT2D eigenvalue weighted by atomic mass is 32.2. The van der Waals surface area contributed by atoms with Gasteiger partial charge in [0.1, 0.15) is 0 Å². The second-order valence-corrected chi connectivity index (χ2v) is 7.57. The van der Waals surface area contributed by atoms with Crippen LogP contribution in [-0.4, -0.2) is 31.4 Å². The second kappa shape index (κ2) is 7.70. The van der Waals surface area contributed by atoms with Crippen molar-refractivity contribution in [3.05, 3.63) is 59.2 Å². The molecule has 0 saturated heterocycles. The number of anilines is 1. The number of thioether (sulfide) groups is 1. The van der Waals surface area contributed by atoms with E-state index in [1.807, 2.05) is 63.2 Å². The van der Waals surface area contributed by atoms with Gasteiger partial charge in [0.05, 0.1) is 10.9 Å². The van der Waals surface area contributed by atoms with Crippen molar-refractivity contribution < 1.29 is 4.79 Å². The summed E-state index contributed by atoms with van der Waals surface area (Å²) in [5, 5.41) is 15.1. The van der Waals surface area contributed by atoms with Gasteiger partial charge in [-0.05, 0) is 73.5 Å². The van der Waals surface area contributed by atoms with E-state index >= 15 is 0 Å². The van der Waals surface area contributed by atoms with E-state index < -0.39 is 0 Å². The van der Waals surface area contributed by atoms with Gasteiger partial charge < -0.3 is 5.32 Å². The summed E-state index contributed by atoms with van der Waals surface area (Å²) in [6.07, 6.45) is 0. The number of carbonyl (C=O) groups excluding carboxylic acids is 1. The highest BCUT2D eigenvalue weighted by Gasteiger charge is 2.19. The first-order valence-electron chi connectivity index (χ1n) is 8.34. The van der Waals surface area contributed by atoms with Gasteiger partial charge in [-0.15, -0.1) is 5.10 Å². The Morgan fingerprint density at radius 2 is 1.81 bits per heavy atom. The Labute approximate surface area is 157 Å². The number of aromatic nitrogens is 4. The molecule has 0 fully saturated rings. The molecular weight excluding hydrogens is 346 g/mol. The van der Waals surface area contributed by atoms with Crippen LogP contribution < -0.4 is 5.32 Å². The quantitative estimate of drug-likeness (QED) is 0.696.